The van der Waals surface area contributed by atoms with Gasteiger partial charge in [-0.2, -0.15) is 0 Å². The van der Waals surface area contributed by atoms with Crippen molar-refractivity contribution in [3.63, 3.8) is 0 Å². The monoisotopic (exact) mass is 524 g/mol. The summed E-state index contributed by atoms with van der Waals surface area (Å²) in [4.78, 5) is 8.02. The number of aliphatic imine (C=N–C) groups is 1. The SMILES string of the molecule is C=CCNC(=NCc1nnc(C)n1C)N(C)Cc1ccc(Br)s1.I. The second-order valence-corrected chi connectivity index (χ2v) is 7.64. The topological polar surface area (TPSA) is 58.3 Å². The second kappa shape index (κ2) is 10.1. The maximum Gasteiger partial charge on any atom is 0.194 e. The van der Waals surface area contributed by atoms with Crippen LogP contribution in [0, 0.1) is 6.92 Å². The lowest BCUT2D eigenvalue weighted by atomic mass is 10.4. The minimum absolute atomic E-state index is 0. The predicted molar refractivity (Wildman–Crippen MR) is 114 cm³/mol. The van der Waals surface area contributed by atoms with E-state index in [0.717, 1.165) is 27.9 Å². The summed E-state index contributed by atoms with van der Waals surface area (Å²) in [5, 5.41) is 11.5. The summed E-state index contributed by atoms with van der Waals surface area (Å²) in [5.41, 5.74) is 0. The first-order valence-electron chi connectivity index (χ1n) is 7.20. The Balaban J connectivity index is 0.00000288. The number of halogens is 2. The van der Waals surface area contributed by atoms with Crippen molar-refractivity contribution >= 4 is 57.2 Å². The van der Waals surface area contributed by atoms with Crippen molar-refractivity contribution in [3.8, 4) is 0 Å². The maximum atomic E-state index is 4.66. The first-order valence-corrected chi connectivity index (χ1v) is 8.81. The van der Waals surface area contributed by atoms with Crippen LogP contribution >= 0.6 is 51.2 Å². The number of aryl methyl sites for hydroxylation is 1. The standard InChI is InChI=1S/C15H21BrN6S.HI/c1-5-8-17-15(18-9-14-20-19-11(2)22(14)4)21(3)10-12-6-7-13(16)23-12;/h5-7H,1,8-10H2,2-4H3,(H,17,18);1H. The lowest BCUT2D eigenvalue weighted by Gasteiger charge is -2.21. The van der Waals surface area contributed by atoms with E-state index in [1.807, 2.05) is 31.7 Å². The molecule has 0 saturated heterocycles. The van der Waals surface area contributed by atoms with Crippen molar-refractivity contribution in [2.75, 3.05) is 13.6 Å². The summed E-state index contributed by atoms with van der Waals surface area (Å²) in [7, 11) is 3.97. The van der Waals surface area contributed by atoms with Crippen LogP contribution in [0.3, 0.4) is 0 Å². The highest BCUT2D eigenvalue weighted by Crippen LogP contribution is 2.23. The molecule has 1 N–H and O–H groups in total. The highest BCUT2D eigenvalue weighted by atomic mass is 127. The summed E-state index contributed by atoms with van der Waals surface area (Å²) in [6, 6.07) is 4.17. The first-order chi connectivity index (χ1) is 11.0. The largest absolute Gasteiger partial charge is 0.353 e. The van der Waals surface area contributed by atoms with Gasteiger partial charge in [0.25, 0.3) is 0 Å². The van der Waals surface area contributed by atoms with Crippen LogP contribution in [0.2, 0.25) is 0 Å². The van der Waals surface area contributed by atoms with Crippen LogP contribution in [0.5, 0.6) is 0 Å². The molecule has 132 valence electrons. The van der Waals surface area contributed by atoms with Gasteiger partial charge in [-0.1, -0.05) is 6.08 Å². The van der Waals surface area contributed by atoms with Gasteiger partial charge in [-0.3, -0.25) is 0 Å². The number of nitrogens with one attached hydrogen (secondary N) is 1. The van der Waals surface area contributed by atoms with Crippen LogP contribution in [0.25, 0.3) is 0 Å². The Morgan fingerprint density at radius 3 is 2.79 bits per heavy atom. The van der Waals surface area contributed by atoms with Crippen molar-refractivity contribution in [3.05, 3.63) is 45.1 Å². The number of hydrogen-bond donors (Lipinski definition) is 1. The Hall–Kier alpha value is -0.940. The van der Waals surface area contributed by atoms with Gasteiger partial charge in [-0.15, -0.1) is 52.1 Å². The molecule has 0 atom stereocenters. The molecule has 0 bridgehead atoms. The zero-order valence-electron chi connectivity index (χ0n) is 14.0. The number of thiophene rings is 1. The third kappa shape index (κ3) is 5.85. The third-order valence-electron chi connectivity index (χ3n) is 3.34. The average Bonchev–Trinajstić information content (AvgIpc) is 3.07. The van der Waals surface area contributed by atoms with Gasteiger partial charge in [-0.25, -0.2) is 4.99 Å². The molecule has 6 nitrogen and oxygen atoms in total. The predicted octanol–water partition coefficient (Wildman–Crippen LogP) is 3.33. The fourth-order valence-electron chi connectivity index (χ4n) is 1.95. The number of hydrogen-bond acceptors (Lipinski definition) is 4. The molecule has 0 fully saturated rings. The van der Waals surface area contributed by atoms with E-state index >= 15 is 0 Å². The van der Waals surface area contributed by atoms with Crippen LogP contribution in [0.1, 0.15) is 16.5 Å². The van der Waals surface area contributed by atoms with Crippen molar-refractivity contribution < 1.29 is 0 Å². The van der Waals surface area contributed by atoms with E-state index in [1.165, 1.54) is 4.88 Å². The summed E-state index contributed by atoms with van der Waals surface area (Å²) in [5.74, 6) is 2.54. The summed E-state index contributed by atoms with van der Waals surface area (Å²) < 4.78 is 3.08. The molecule has 0 aromatic carbocycles. The lowest BCUT2D eigenvalue weighted by Crippen LogP contribution is -2.38. The summed E-state index contributed by atoms with van der Waals surface area (Å²) >= 11 is 5.22. The van der Waals surface area contributed by atoms with Gasteiger partial charge < -0.3 is 14.8 Å². The second-order valence-electron chi connectivity index (χ2n) is 5.09. The van der Waals surface area contributed by atoms with E-state index in [4.69, 9.17) is 0 Å². The molecule has 0 amide bonds. The minimum atomic E-state index is 0. The van der Waals surface area contributed by atoms with Gasteiger partial charge in [0.15, 0.2) is 11.8 Å². The van der Waals surface area contributed by atoms with Gasteiger partial charge in [0.2, 0.25) is 0 Å². The van der Waals surface area contributed by atoms with Crippen LogP contribution in [0.15, 0.2) is 33.6 Å². The molecule has 0 aliphatic rings. The van der Waals surface area contributed by atoms with Crippen LogP contribution in [0.4, 0.5) is 0 Å². The molecular weight excluding hydrogens is 503 g/mol. The Kier molecular flexibility index (Phi) is 8.92. The summed E-state index contributed by atoms with van der Waals surface area (Å²) in [6.07, 6.45) is 1.82. The zero-order valence-corrected chi connectivity index (χ0v) is 18.7. The Bertz CT molecular complexity index is 696. The molecule has 2 aromatic rings. The molecule has 0 aliphatic carbocycles. The Morgan fingerprint density at radius 1 is 1.50 bits per heavy atom. The first kappa shape index (κ1) is 21.1. The van der Waals surface area contributed by atoms with Crippen molar-refractivity contribution in [1.29, 1.82) is 0 Å². The molecule has 2 aromatic heterocycles. The van der Waals surface area contributed by atoms with E-state index in [0.29, 0.717) is 13.1 Å². The average molecular weight is 525 g/mol. The van der Waals surface area contributed by atoms with Crippen LogP contribution < -0.4 is 5.32 Å². The molecule has 0 spiro atoms. The smallest absolute Gasteiger partial charge is 0.194 e. The third-order valence-corrected chi connectivity index (χ3v) is 4.95. The van der Waals surface area contributed by atoms with Gasteiger partial charge in [-0.05, 0) is 35.0 Å². The minimum Gasteiger partial charge on any atom is -0.353 e. The highest BCUT2D eigenvalue weighted by Gasteiger charge is 2.10. The molecule has 0 aliphatic heterocycles. The van der Waals surface area contributed by atoms with E-state index < -0.39 is 0 Å². The number of nitrogens with zero attached hydrogens (tertiary/aromatic N) is 5. The lowest BCUT2D eigenvalue weighted by molar-refractivity contribution is 0.482. The fraction of sp³-hybridized carbons (Fsp3) is 0.400. The van der Waals surface area contributed by atoms with Crippen LogP contribution in [-0.2, 0) is 20.1 Å². The molecule has 24 heavy (non-hydrogen) atoms. The molecule has 0 radical (unpaired) electrons. The number of aromatic nitrogens is 3. The Morgan fingerprint density at radius 2 is 2.25 bits per heavy atom. The number of guanidine groups is 1. The zero-order chi connectivity index (χ0) is 16.8. The molecule has 0 saturated carbocycles. The number of rotatable bonds is 6. The van der Waals surface area contributed by atoms with Crippen molar-refractivity contribution in [1.82, 2.24) is 25.0 Å². The molecule has 9 heteroatoms. The molecular formula is C15H22BrIN6S. The van der Waals surface area contributed by atoms with Crippen LogP contribution in [-0.4, -0.2) is 39.2 Å². The van der Waals surface area contributed by atoms with Crippen molar-refractivity contribution in [2.45, 2.75) is 20.0 Å². The van der Waals surface area contributed by atoms with E-state index in [9.17, 15) is 0 Å². The van der Waals surface area contributed by atoms with Gasteiger partial charge >= 0.3 is 0 Å². The summed E-state index contributed by atoms with van der Waals surface area (Å²) in [6.45, 7) is 7.61. The molecule has 2 heterocycles. The Labute approximate surface area is 172 Å². The van der Waals surface area contributed by atoms with Gasteiger partial charge in [0, 0.05) is 25.5 Å². The normalized spacial score (nSPS) is 11.1. The highest BCUT2D eigenvalue weighted by molar-refractivity contribution is 14.0. The van der Waals surface area contributed by atoms with E-state index in [-0.39, 0.29) is 24.0 Å². The molecule has 0 unspecified atom stereocenters. The quantitative estimate of drug-likeness (QED) is 0.272. The fourth-order valence-corrected chi connectivity index (χ4v) is 3.49. The van der Waals surface area contributed by atoms with Gasteiger partial charge in [0.05, 0.1) is 10.3 Å². The maximum absolute atomic E-state index is 4.66. The van der Waals surface area contributed by atoms with Crippen molar-refractivity contribution in [2.24, 2.45) is 12.0 Å². The van der Waals surface area contributed by atoms with E-state index in [1.54, 1.807) is 11.3 Å². The van der Waals surface area contributed by atoms with Gasteiger partial charge in [0.1, 0.15) is 12.4 Å². The molecule has 2 rings (SSSR count). The van der Waals surface area contributed by atoms with E-state index in [2.05, 4.69) is 60.0 Å².